The quantitative estimate of drug-likeness (QED) is 0.583. The highest BCUT2D eigenvalue weighted by Gasteiger charge is 2.29. The van der Waals surface area contributed by atoms with E-state index in [-0.39, 0.29) is 6.42 Å². The Morgan fingerprint density at radius 3 is 1.68 bits per heavy atom. The van der Waals surface area contributed by atoms with Crippen LogP contribution in [0.4, 0.5) is 0 Å². The van der Waals surface area contributed by atoms with Crippen LogP contribution in [-0.2, 0) is 14.3 Å². The van der Waals surface area contributed by atoms with Gasteiger partial charge in [0.05, 0.1) is 17.7 Å². The van der Waals surface area contributed by atoms with Crippen LogP contribution in [0.5, 0.6) is 0 Å². The van der Waals surface area contributed by atoms with Gasteiger partial charge in [-0.15, -0.1) is 0 Å². The fraction of sp³-hybridized carbons (Fsp3) is 0.211. The van der Waals surface area contributed by atoms with E-state index in [1.807, 2.05) is 0 Å². The molecule has 0 saturated carbocycles. The van der Waals surface area contributed by atoms with Gasteiger partial charge in [-0.25, -0.2) is 9.59 Å². The molecule has 2 aromatic carbocycles. The van der Waals surface area contributed by atoms with Crippen LogP contribution in [0.1, 0.15) is 27.1 Å². The van der Waals surface area contributed by atoms with Crippen LogP contribution in [-0.4, -0.2) is 42.1 Å². The Morgan fingerprint density at radius 2 is 1.28 bits per heavy atom. The molecule has 2 atom stereocenters. The van der Waals surface area contributed by atoms with Crippen LogP contribution in [0, 0.1) is 0 Å². The van der Waals surface area contributed by atoms with Gasteiger partial charge in [0, 0.05) is 6.42 Å². The molecule has 0 radical (unpaired) electrons. The normalized spacial score (nSPS) is 12.7. The molecule has 1 N–H and O–H groups in total. The molecule has 0 saturated heterocycles. The van der Waals surface area contributed by atoms with E-state index >= 15 is 0 Å². The summed E-state index contributed by atoms with van der Waals surface area (Å²) < 4.78 is 10.5. The molecule has 0 aliphatic rings. The molecule has 2 rings (SSSR count). The van der Waals surface area contributed by atoms with E-state index in [2.05, 4.69) is 0 Å². The number of esters is 2. The van der Waals surface area contributed by atoms with Crippen molar-refractivity contribution in [3.8, 4) is 0 Å². The van der Waals surface area contributed by atoms with Gasteiger partial charge in [0.1, 0.15) is 12.4 Å². The maximum absolute atomic E-state index is 12.1. The maximum atomic E-state index is 12.1. The average Bonchev–Trinajstić information content (AvgIpc) is 2.67. The molecule has 0 unspecified atom stereocenters. The minimum Gasteiger partial charge on any atom is -0.454 e. The van der Waals surface area contributed by atoms with Crippen molar-refractivity contribution in [3.05, 3.63) is 71.8 Å². The summed E-state index contributed by atoms with van der Waals surface area (Å²) in [6.45, 7) is -0.584. The van der Waals surface area contributed by atoms with Gasteiger partial charge in [0.15, 0.2) is 6.10 Å². The van der Waals surface area contributed by atoms with Gasteiger partial charge < -0.3 is 19.4 Å². The van der Waals surface area contributed by atoms with Crippen molar-refractivity contribution >= 4 is 18.2 Å². The van der Waals surface area contributed by atoms with Crippen molar-refractivity contribution in [1.29, 1.82) is 0 Å². The third-order valence-electron chi connectivity index (χ3n) is 3.46. The number of benzene rings is 2. The lowest BCUT2D eigenvalue weighted by atomic mass is 10.1. The van der Waals surface area contributed by atoms with Gasteiger partial charge in [-0.05, 0) is 24.3 Å². The van der Waals surface area contributed by atoms with Crippen LogP contribution in [0.3, 0.4) is 0 Å². The largest absolute Gasteiger partial charge is 0.454 e. The number of aliphatic hydroxyl groups is 1. The third kappa shape index (κ3) is 5.26. The lowest BCUT2D eigenvalue weighted by Gasteiger charge is -2.24. The Labute approximate surface area is 145 Å². The number of aliphatic hydroxyl groups excluding tert-OH is 1. The van der Waals surface area contributed by atoms with Crippen molar-refractivity contribution in [3.63, 3.8) is 0 Å². The molecule has 0 fully saturated rings. The molecular formula is C19H18O6. The molecule has 0 bridgehead atoms. The highest BCUT2D eigenvalue weighted by atomic mass is 16.6. The molecule has 0 spiro atoms. The first-order valence-electron chi connectivity index (χ1n) is 7.72. The van der Waals surface area contributed by atoms with Gasteiger partial charge in [-0.3, -0.25) is 0 Å². The highest BCUT2D eigenvalue weighted by molar-refractivity contribution is 5.90. The zero-order valence-electron chi connectivity index (χ0n) is 13.4. The summed E-state index contributed by atoms with van der Waals surface area (Å²) in [6, 6.07) is 16.4. The second-order valence-corrected chi connectivity index (χ2v) is 5.20. The third-order valence-corrected chi connectivity index (χ3v) is 3.46. The summed E-state index contributed by atoms with van der Waals surface area (Å²) in [4.78, 5) is 35.2. The van der Waals surface area contributed by atoms with Crippen LogP contribution >= 0.6 is 0 Å². The summed E-state index contributed by atoms with van der Waals surface area (Å²) >= 11 is 0. The van der Waals surface area contributed by atoms with Gasteiger partial charge in [0.25, 0.3) is 0 Å². The predicted octanol–water partition coefficient (Wildman–Crippen LogP) is 2.02. The SMILES string of the molecule is O=CC[C@H](OC(=O)c1ccccc1)[C@@H](CO)OC(=O)c1ccccc1. The number of carbonyl (C=O) groups excluding carboxylic acids is 3. The standard InChI is InChI=1S/C19H18O6/c20-12-11-16(24-18(22)14-7-3-1-4-8-14)17(13-21)25-19(23)15-9-5-2-6-10-15/h1-10,12,16-17,21H,11,13H2/t16-,17+/m0/s1. The van der Waals surface area contributed by atoms with E-state index in [1.54, 1.807) is 60.7 Å². The minimum atomic E-state index is -1.15. The predicted molar refractivity (Wildman–Crippen MR) is 89.1 cm³/mol. The van der Waals surface area contributed by atoms with Crippen molar-refractivity contribution < 1.29 is 29.0 Å². The van der Waals surface area contributed by atoms with Crippen molar-refractivity contribution in [2.24, 2.45) is 0 Å². The van der Waals surface area contributed by atoms with Crippen LogP contribution < -0.4 is 0 Å². The van der Waals surface area contributed by atoms with E-state index in [9.17, 15) is 19.5 Å². The summed E-state index contributed by atoms with van der Waals surface area (Å²) in [7, 11) is 0. The maximum Gasteiger partial charge on any atom is 0.338 e. The molecule has 0 aliphatic heterocycles. The fourth-order valence-corrected chi connectivity index (χ4v) is 2.16. The summed E-state index contributed by atoms with van der Waals surface area (Å²) in [6.07, 6.45) is -1.89. The zero-order valence-corrected chi connectivity index (χ0v) is 13.4. The Balaban J connectivity index is 2.08. The second kappa shape index (κ2) is 9.34. The van der Waals surface area contributed by atoms with Gasteiger partial charge in [0.2, 0.25) is 0 Å². The van der Waals surface area contributed by atoms with Gasteiger partial charge in [-0.1, -0.05) is 36.4 Å². The number of hydrogen-bond donors (Lipinski definition) is 1. The molecule has 0 heterocycles. The monoisotopic (exact) mass is 342 g/mol. The Kier molecular flexibility index (Phi) is 6.86. The van der Waals surface area contributed by atoms with Crippen molar-refractivity contribution in [1.82, 2.24) is 0 Å². The van der Waals surface area contributed by atoms with Crippen LogP contribution in [0.15, 0.2) is 60.7 Å². The van der Waals surface area contributed by atoms with E-state index in [0.29, 0.717) is 17.4 Å². The Morgan fingerprint density at radius 1 is 0.840 bits per heavy atom. The zero-order chi connectivity index (χ0) is 18.1. The number of carbonyl (C=O) groups is 3. The van der Waals surface area contributed by atoms with Crippen molar-refractivity contribution in [2.75, 3.05) is 6.61 Å². The lowest BCUT2D eigenvalue weighted by molar-refractivity contribution is -0.112. The number of ether oxygens (including phenoxy) is 2. The van der Waals surface area contributed by atoms with Crippen molar-refractivity contribution in [2.45, 2.75) is 18.6 Å². The van der Waals surface area contributed by atoms with E-state index in [4.69, 9.17) is 9.47 Å². The summed E-state index contributed by atoms with van der Waals surface area (Å²) in [5, 5.41) is 9.52. The molecule has 0 aromatic heterocycles. The van der Waals surface area contributed by atoms with Crippen LogP contribution in [0.2, 0.25) is 0 Å². The second-order valence-electron chi connectivity index (χ2n) is 5.20. The molecule has 130 valence electrons. The minimum absolute atomic E-state index is 0.203. The number of hydrogen-bond acceptors (Lipinski definition) is 6. The average molecular weight is 342 g/mol. The molecule has 2 aromatic rings. The summed E-state index contributed by atoms with van der Waals surface area (Å²) in [5.74, 6) is -1.34. The Hall–Kier alpha value is -2.99. The molecule has 6 nitrogen and oxygen atoms in total. The first kappa shape index (κ1) is 18.4. The van der Waals surface area contributed by atoms with Gasteiger partial charge >= 0.3 is 11.9 Å². The number of aldehydes is 1. The molecule has 0 aliphatic carbocycles. The van der Waals surface area contributed by atoms with E-state index in [1.165, 1.54) is 0 Å². The Bertz CT molecular complexity index is 698. The van der Waals surface area contributed by atoms with Gasteiger partial charge in [-0.2, -0.15) is 0 Å². The smallest absolute Gasteiger partial charge is 0.338 e. The summed E-state index contributed by atoms with van der Waals surface area (Å²) in [5.41, 5.74) is 0.588. The van der Waals surface area contributed by atoms with E-state index < -0.39 is 30.8 Å². The molecular weight excluding hydrogens is 324 g/mol. The lowest BCUT2D eigenvalue weighted by Crippen LogP contribution is -2.38. The van der Waals surface area contributed by atoms with Crippen LogP contribution in [0.25, 0.3) is 0 Å². The molecule has 6 heteroatoms. The first-order valence-corrected chi connectivity index (χ1v) is 7.72. The fourth-order valence-electron chi connectivity index (χ4n) is 2.16. The molecule has 25 heavy (non-hydrogen) atoms. The highest BCUT2D eigenvalue weighted by Crippen LogP contribution is 2.14. The molecule has 0 amide bonds. The first-order chi connectivity index (χ1) is 12.2. The number of rotatable bonds is 8. The topological polar surface area (TPSA) is 89.9 Å². The van der Waals surface area contributed by atoms with E-state index in [0.717, 1.165) is 0 Å².